The minimum Gasteiger partial charge on any atom is -0.351 e. The molecule has 1 rings (SSSR count). The molecular formula is C14H16ClF4NO. The van der Waals surface area contributed by atoms with Gasteiger partial charge in [0.05, 0.1) is 11.1 Å². The molecule has 1 aromatic carbocycles. The maximum Gasteiger partial charge on any atom is 0.419 e. The van der Waals surface area contributed by atoms with Crippen molar-refractivity contribution in [2.45, 2.75) is 26.4 Å². The van der Waals surface area contributed by atoms with E-state index in [0.717, 1.165) is 12.1 Å². The smallest absolute Gasteiger partial charge is 0.351 e. The van der Waals surface area contributed by atoms with Crippen LogP contribution in [-0.2, 0) is 6.18 Å². The Kier molecular flexibility index (Phi) is 5.61. The number of nitrogens with one attached hydrogen (secondary N) is 1. The van der Waals surface area contributed by atoms with Crippen molar-refractivity contribution in [3.05, 3.63) is 35.1 Å². The number of carbonyl (C=O) groups excluding carboxylic acids is 1. The van der Waals surface area contributed by atoms with Crippen molar-refractivity contribution in [3.63, 3.8) is 0 Å². The predicted molar refractivity (Wildman–Crippen MR) is 72.9 cm³/mol. The number of hydrogen-bond acceptors (Lipinski definition) is 1. The van der Waals surface area contributed by atoms with Gasteiger partial charge in [-0.25, -0.2) is 4.39 Å². The average molecular weight is 326 g/mol. The lowest BCUT2D eigenvalue weighted by molar-refractivity contribution is -0.140. The molecule has 0 saturated heterocycles. The first-order chi connectivity index (χ1) is 9.58. The molecule has 1 amide bonds. The molecule has 0 aliphatic heterocycles. The van der Waals surface area contributed by atoms with Crippen molar-refractivity contribution in [1.29, 1.82) is 0 Å². The van der Waals surface area contributed by atoms with Gasteiger partial charge in [0.25, 0.3) is 5.91 Å². The highest BCUT2D eigenvalue weighted by Gasteiger charge is 2.35. The molecule has 0 heterocycles. The zero-order valence-corrected chi connectivity index (χ0v) is 12.4. The van der Waals surface area contributed by atoms with Gasteiger partial charge >= 0.3 is 6.18 Å². The summed E-state index contributed by atoms with van der Waals surface area (Å²) in [6.45, 7) is 3.88. The van der Waals surface area contributed by atoms with Crippen molar-refractivity contribution in [1.82, 2.24) is 5.32 Å². The maximum atomic E-state index is 13.8. The van der Waals surface area contributed by atoms with Gasteiger partial charge in [-0.2, -0.15) is 13.2 Å². The van der Waals surface area contributed by atoms with Crippen LogP contribution in [0.3, 0.4) is 0 Å². The van der Waals surface area contributed by atoms with E-state index in [2.05, 4.69) is 5.32 Å². The molecule has 7 heteroatoms. The van der Waals surface area contributed by atoms with Crippen LogP contribution < -0.4 is 5.32 Å². The number of benzene rings is 1. The second kappa shape index (κ2) is 6.64. The van der Waals surface area contributed by atoms with E-state index in [9.17, 15) is 22.4 Å². The monoisotopic (exact) mass is 325 g/mol. The Labute approximate surface area is 125 Å². The van der Waals surface area contributed by atoms with Crippen LogP contribution in [0.5, 0.6) is 0 Å². The van der Waals surface area contributed by atoms with Gasteiger partial charge in [0, 0.05) is 12.4 Å². The van der Waals surface area contributed by atoms with Gasteiger partial charge < -0.3 is 5.32 Å². The zero-order chi connectivity index (χ0) is 16.3. The zero-order valence-electron chi connectivity index (χ0n) is 11.7. The quantitative estimate of drug-likeness (QED) is 0.637. The van der Waals surface area contributed by atoms with E-state index in [0.29, 0.717) is 18.4 Å². The van der Waals surface area contributed by atoms with Crippen LogP contribution in [-0.4, -0.2) is 18.3 Å². The van der Waals surface area contributed by atoms with E-state index in [-0.39, 0.29) is 12.0 Å². The van der Waals surface area contributed by atoms with Gasteiger partial charge in [0.2, 0.25) is 0 Å². The van der Waals surface area contributed by atoms with Crippen LogP contribution in [0.1, 0.15) is 36.2 Å². The van der Waals surface area contributed by atoms with Crippen LogP contribution >= 0.6 is 11.6 Å². The first-order valence-electron chi connectivity index (χ1n) is 6.28. The number of carbonyl (C=O) groups is 1. The number of hydrogen-bond donors (Lipinski definition) is 1. The Hall–Kier alpha value is -1.30. The largest absolute Gasteiger partial charge is 0.419 e. The van der Waals surface area contributed by atoms with Gasteiger partial charge in [0.15, 0.2) is 0 Å². The average Bonchev–Trinajstić information content (AvgIpc) is 2.35. The lowest BCUT2D eigenvalue weighted by Crippen LogP contribution is -2.35. The fraction of sp³-hybridized carbons (Fsp3) is 0.500. The normalized spacial score (nSPS) is 12.3. The third-order valence-corrected chi connectivity index (χ3v) is 3.24. The van der Waals surface area contributed by atoms with Gasteiger partial charge in [-0.1, -0.05) is 19.9 Å². The lowest BCUT2D eigenvalue weighted by Gasteiger charge is -2.24. The molecule has 118 valence electrons. The molecule has 2 nitrogen and oxygen atoms in total. The number of alkyl halides is 4. The SMILES string of the molecule is CC(C)(CCCl)CNC(=O)c1cccc(C(F)(F)F)c1F. The molecule has 0 radical (unpaired) electrons. The molecule has 1 N–H and O–H groups in total. The van der Waals surface area contributed by atoms with Crippen LogP contribution in [0.25, 0.3) is 0 Å². The first kappa shape index (κ1) is 17.8. The second-order valence-corrected chi connectivity index (χ2v) is 5.83. The standard InChI is InChI=1S/C14H16ClF4NO/c1-13(2,6-7-15)8-20-12(21)9-4-3-5-10(11(9)16)14(17,18)19/h3-5H,6-8H2,1-2H3,(H,20,21). The van der Waals surface area contributed by atoms with Crippen molar-refractivity contribution < 1.29 is 22.4 Å². The minimum atomic E-state index is -4.84. The number of halogens is 5. The molecule has 0 atom stereocenters. The number of rotatable bonds is 5. The summed E-state index contributed by atoms with van der Waals surface area (Å²) in [5.74, 6) is -2.04. The Balaban J connectivity index is 2.90. The Morgan fingerprint density at radius 1 is 1.29 bits per heavy atom. The summed E-state index contributed by atoms with van der Waals surface area (Å²) in [6, 6.07) is 2.63. The molecular weight excluding hydrogens is 310 g/mol. The molecule has 0 aromatic heterocycles. The molecule has 0 aliphatic rings. The molecule has 0 fully saturated rings. The first-order valence-corrected chi connectivity index (χ1v) is 6.82. The summed E-state index contributed by atoms with van der Waals surface area (Å²) in [4.78, 5) is 11.8. The molecule has 0 bridgehead atoms. The highest BCUT2D eigenvalue weighted by atomic mass is 35.5. The van der Waals surface area contributed by atoms with Gasteiger partial charge in [0.1, 0.15) is 5.82 Å². The Morgan fingerprint density at radius 2 is 1.90 bits per heavy atom. The van der Waals surface area contributed by atoms with E-state index >= 15 is 0 Å². The number of amides is 1. The van der Waals surface area contributed by atoms with Crippen molar-refractivity contribution >= 4 is 17.5 Å². The summed E-state index contributed by atoms with van der Waals surface area (Å²) in [5.41, 5.74) is -2.39. The van der Waals surface area contributed by atoms with Crippen LogP contribution in [0, 0.1) is 11.2 Å². The topological polar surface area (TPSA) is 29.1 Å². The summed E-state index contributed by atoms with van der Waals surface area (Å²) in [6.07, 6.45) is -4.22. The highest BCUT2D eigenvalue weighted by Crippen LogP contribution is 2.32. The molecule has 1 aromatic rings. The van der Waals surface area contributed by atoms with Gasteiger partial charge in [-0.3, -0.25) is 4.79 Å². The molecule has 0 unspecified atom stereocenters. The van der Waals surface area contributed by atoms with E-state index in [4.69, 9.17) is 11.6 Å². The van der Waals surface area contributed by atoms with Crippen LogP contribution in [0.2, 0.25) is 0 Å². The summed E-state index contributed by atoms with van der Waals surface area (Å²) in [5, 5.41) is 2.44. The Morgan fingerprint density at radius 3 is 2.43 bits per heavy atom. The van der Waals surface area contributed by atoms with E-state index in [1.807, 2.05) is 13.8 Å². The Bertz CT molecular complexity index is 514. The second-order valence-electron chi connectivity index (χ2n) is 5.45. The van der Waals surface area contributed by atoms with Crippen molar-refractivity contribution in [2.24, 2.45) is 5.41 Å². The third kappa shape index (κ3) is 4.88. The minimum absolute atomic E-state index is 0.189. The highest BCUT2D eigenvalue weighted by molar-refractivity contribution is 6.17. The lowest BCUT2D eigenvalue weighted by atomic mass is 9.90. The van der Waals surface area contributed by atoms with Crippen LogP contribution in [0.4, 0.5) is 17.6 Å². The van der Waals surface area contributed by atoms with Crippen molar-refractivity contribution in [2.75, 3.05) is 12.4 Å². The van der Waals surface area contributed by atoms with E-state index in [1.165, 1.54) is 0 Å². The van der Waals surface area contributed by atoms with Crippen LogP contribution in [0.15, 0.2) is 18.2 Å². The molecule has 0 saturated carbocycles. The third-order valence-electron chi connectivity index (χ3n) is 3.05. The summed E-state index contributed by atoms with van der Waals surface area (Å²) in [7, 11) is 0. The summed E-state index contributed by atoms with van der Waals surface area (Å²) < 4.78 is 51.5. The fourth-order valence-corrected chi connectivity index (χ4v) is 2.20. The van der Waals surface area contributed by atoms with Crippen molar-refractivity contribution in [3.8, 4) is 0 Å². The van der Waals surface area contributed by atoms with Gasteiger partial charge in [-0.15, -0.1) is 11.6 Å². The van der Waals surface area contributed by atoms with E-state index < -0.39 is 29.0 Å². The molecule has 0 aliphatic carbocycles. The molecule has 0 spiro atoms. The predicted octanol–water partition coefficient (Wildman–Crippen LogP) is 4.23. The fourth-order valence-electron chi connectivity index (χ4n) is 1.69. The summed E-state index contributed by atoms with van der Waals surface area (Å²) >= 11 is 5.62. The molecule has 21 heavy (non-hydrogen) atoms. The van der Waals surface area contributed by atoms with Gasteiger partial charge in [-0.05, 0) is 24.0 Å². The maximum absolute atomic E-state index is 13.8. The van der Waals surface area contributed by atoms with E-state index in [1.54, 1.807) is 0 Å².